The lowest BCUT2D eigenvalue weighted by atomic mass is 10.3. The Morgan fingerprint density at radius 1 is 1.00 bits per heavy atom. The fraction of sp³-hybridized carbons (Fsp3) is 0.455. The van der Waals surface area contributed by atoms with Crippen molar-refractivity contribution in [2.45, 2.75) is 20.3 Å². The molecule has 0 amide bonds. The summed E-state index contributed by atoms with van der Waals surface area (Å²) in [7, 11) is 1.91. The van der Waals surface area contributed by atoms with E-state index in [4.69, 9.17) is 11.5 Å². The summed E-state index contributed by atoms with van der Waals surface area (Å²) in [6, 6.07) is 0. The van der Waals surface area contributed by atoms with Crippen LogP contribution >= 0.6 is 0 Å². The Bertz CT molecular complexity index is 581. The van der Waals surface area contributed by atoms with Gasteiger partial charge in [0.25, 0.3) is 0 Å². The Morgan fingerprint density at radius 3 is 2.28 bits per heavy atom. The number of hydrogen-bond acceptors (Lipinski definition) is 7. The van der Waals surface area contributed by atoms with Gasteiger partial charge >= 0.3 is 0 Å². The fourth-order valence-corrected chi connectivity index (χ4v) is 1.77. The molecule has 0 saturated heterocycles. The zero-order valence-electron chi connectivity index (χ0n) is 10.8. The van der Waals surface area contributed by atoms with Crippen LogP contribution in [-0.2, 0) is 0 Å². The van der Waals surface area contributed by atoms with E-state index >= 15 is 0 Å². The van der Waals surface area contributed by atoms with Crippen molar-refractivity contribution in [3.05, 3.63) is 5.82 Å². The monoisotopic (exact) mass is 247 g/mol. The maximum absolute atomic E-state index is 5.91. The molecule has 2 aromatic rings. The van der Waals surface area contributed by atoms with E-state index in [0.29, 0.717) is 34.4 Å². The molecule has 0 spiro atoms. The minimum atomic E-state index is 0.329. The second-order valence-corrected chi connectivity index (χ2v) is 4.18. The minimum absolute atomic E-state index is 0.329. The van der Waals surface area contributed by atoms with Crippen LogP contribution in [0, 0.1) is 6.92 Å². The molecule has 7 heteroatoms. The van der Waals surface area contributed by atoms with Crippen molar-refractivity contribution >= 4 is 28.6 Å². The van der Waals surface area contributed by atoms with Crippen LogP contribution < -0.4 is 16.4 Å². The second-order valence-electron chi connectivity index (χ2n) is 4.18. The van der Waals surface area contributed by atoms with Crippen LogP contribution in [-0.4, -0.2) is 33.5 Å². The van der Waals surface area contributed by atoms with Gasteiger partial charge in [0.2, 0.25) is 5.95 Å². The average molecular weight is 247 g/mol. The maximum Gasteiger partial charge on any atom is 0.227 e. The van der Waals surface area contributed by atoms with E-state index in [-0.39, 0.29) is 0 Å². The van der Waals surface area contributed by atoms with Gasteiger partial charge in [0.15, 0.2) is 11.6 Å². The Hall–Kier alpha value is -2.18. The normalized spacial score (nSPS) is 10.8. The standard InChI is InChI=1S/C11H17N7/c1-4-5-18(3)11-16-8-7(10(13)17-11)14-6(2)15-9(8)12/h4-5H2,1-3H3,(H2,12,14,15)(H2,13,16,17). The first kappa shape index (κ1) is 12.3. The second kappa shape index (κ2) is 4.59. The van der Waals surface area contributed by atoms with Crippen molar-refractivity contribution < 1.29 is 0 Å². The molecule has 0 unspecified atom stereocenters. The molecule has 0 fully saturated rings. The highest BCUT2D eigenvalue weighted by Crippen LogP contribution is 2.22. The van der Waals surface area contributed by atoms with E-state index in [1.807, 2.05) is 11.9 Å². The number of nitrogen functional groups attached to an aromatic ring is 2. The molecule has 0 aliphatic rings. The topological polar surface area (TPSA) is 107 Å². The van der Waals surface area contributed by atoms with Crippen LogP contribution in [0.5, 0.6) is 0 Å². The molecule has 0 radical (unpaired) electrons. The highest BCUT2D eigenvalue weighted by atomic mass is 15.2. The van der Waals surface area contributed by atoms with Gasteiger partial charge in [0.1, 0.15) is 16.9 Å². The van der Waals surface area contributed by atoms with Gasteiger partial charge in [-0.05, 0) is 13.3 Å². The van der Waals surface area contributed by atoms with Crippen LogP contribution in [0.25, 0.3) is 11.0 Å². The van der Waals surface area contributed by atoms with E-state index in [9.17, 15) is 0 Å². The summed E-state index contributed by atoms with van der Waals surface area (Å²) in [5.41, 5.74) is 12.8. The van der Waals surface area contributed by atoms with Gasteiger partial charge in [0, 0.05) is 13.6 Å². The quantitative estimate of drug-likeness (QED) is 0.823. The van der Waals surface area contributed by atoms with Gasteiger partial charge in [-0.25, -0.2) is 15.0 Å². The van der Waals surface area contributed by atoms with Crippen LogP contribution in [0.15, 0.2) is 0 Å². The summed E-state index contributed by atoms with van der Waals surface area (Å²) in [4.78, 5) is 18.9. The van der Waals surface area contributed by atoms with E-state index in [1.54, 1.807) is 6.92 Å². The SMILES string of the molecule is CCCN(C)c1nc(N)c2nc(C)nc(N)c2n1. The van der Waals surface area contributed by atoms with Crippen molar-refractivity contribution in [1.29, 1.82) is 0 Å². The predicted molar refractivity (Wildman–Crippen MR) is 72.3 cm³/mol. The molecule has 2 aromatic heterocycles. The van der Waals surface area contributed by atoms with Crippen LogP contribution in [0.2, 0.25) is 0 Å². The first-order chi connectivity index (χ1) is 8.52. The Morgan fingerprint density at radius 2 is 1.61 bits per heavy atom. The lowest BCUT2D eigenvalue weighted by Gasteiger charge is -2.17. The molecule has 2 heterocycles. The smallest absolute Gasteiger partial charge is 0.227 e. The van der Waals surface area contributed by atoms with Gasteiger partial charge in [-0.15, -0.1) is 0 Å². The van der Waals surface area contributed by atoms with Crippen LogP contribution in [0.1, 0.15) is 19.2 Å². The minimum Gasteiger partial charge on any atom is -0.382 e. The van der Waals surface area contributed by atoms with Crippen molar-refractivity contribution in [2.75, 3.05) is 30.0 Å². The molecule has 0 aliphatic carbocycles. The van der Waals surface area contributed by atoms with Gasteiger partial charge in [-0.3, -0.25) is 0 Å². The molecular weight excluding hydrogens is 230 g/mol. The van der Waals surface area contributed by atoms with Gasteiger partial charge in [-0.2, -0.15) is 4.98 Å². The number of fused-ring (bicyclic) bond motifs is 1. The maximum atomic E-state index is 5.91. The molecule has 0 bridgehead atoms. The number of rotatable bonds is 3. The fourth-order valence-electron chi connectivity index (χ4n) is 1.77. The third-order valence-corrected chi connectivity index (χ3v) is 2.60. The summed E-state index contributed by atoms with van der Waals surface area (Å²) in [5.74, 6) is 1.76. The Balaban J connectivity index is 2.61. The molecule has 0 aromatic carbocycles. The molecule has 0 saturated carbocycles. The Labute approximate surface area is 105 Å². The number of nitrogens with zero attached hydrogens (tertiary/aromatic N) is 5. The molecule has 0 atom stereocenters. The largest absolute Gasteiger partial charge is 0.382 e. The molecule has 18 heavy (non-hydrogen) atoms. The van der Waals surface area contributed by atoms with Crippen molar-refractivity contribution in [1.82, 2.24) is 19.9 Å². The average Bonchev–Trinajstić information content (AvgIpc) is 2.30. The number of aryl methyl sites for hydroxylation is 1. The molecule has 96 valence electrons. The zero-order valence-corrected chi connectivity index (χ0v) is 10.8. The van der Waals surface area contributed by atoms with Crippen molar-refractivity contribution in [3.8, 4) is 0 Å². The number of aromatic nitrogens is 4. The van der Waals surface area contributed by atoms with Crippen LogP contribution in [0.4, 0.5) is 17.6 Å². The molecule has 0 aliphatic heterocycles. The van der Waals surface area contributed by atoms with E-state index in [0.717, 1.165) is 13.0 Å². The highest BCUT2D eigenvalue weighted by molar-refractivity contribution is 5.91. The lowest BCUT2D eigenvalue weighted by molar-refractivity contribution is 0.823. The lowest BCUT2D eigenvalue weighted by Crippen LogP contribution is -2.21. The molecule has 2 rings (SSSR count). The molecule has 7 nitrogen and oxygen atoms in total. The first-order valence-electron chi connectivity index (χ1n) is 5.81. The number of anilines is 3. The zero-order chi connectivity index (χ0) is 13.3. The molecular formula is C11H17N7. The van der Waals surface area contributed by atoms with E-state index in [1.165, 1.54) is 0 Å². The summed E-state index contributed by atoms with van der Waals surface area (Å²) in [6.07, 6.45) is 0.998. The summed E-state index contributed by atoms with van der Waals surface area (Å²) in [5, 5.41) is 0. The van der Waals surface area contributed by atoms with Gasteiger partial charge < -0.3 is 16.4 Å². The van der Waals surface area contributed by atoms with E-state index < -0.39 is 0 Å². The predicted octanol–water partition coefficient (Wildman–Crippen LogP) is 0.739. The van der Waals surface area contributed by atoms with E-state index in [2.05, 4.69) is 26.9 Å². The molecule has 4 N–H and O–H groups in total. The van der Waals surface area contributed by atoms with Gasteiger partial charge in [0.05, 0.1) is 0 Å². The highest BCUT2D eigenvalue weighted by Gasteiger charge is 2.13. The third kappa shape index (κ3) is 2.11. The summed E-state index contributed by atoms with van der Waals surface area (Å²) in [6.45, 7) is 4.69. The van der Waals surface area contributed by atoms with Crippen molar-refractivity contribution in [3.63, 3.8) is 0 Å². The van der Waals surface area contributed by atoms with Gasteiger partial charge in [-0.1, -0.05) is 6.92 Å². The third-order valence-electron chi connectivity index (χ3n) is 2.60. The Kier molecular flexibility index (Phi) is 3.14. The van der Waals surface area contributed by atoms with Crippen molar-refractivity contribution in [2.24, 2.45) is 0 Å². The number of nitrogens with two attached hydrogens (primary N) is 2. The first-order valence-corrected chi connectivity index (χ1v) is 5.81. The summed E-state index contributed by atoms with van der Waals surface area (Å²) < 4.78 is 0. The van der Waals surface area contributed by atoms with Crippen LogP contribution in [0.3, 0.4) is 0 Å². The summed E-state index contributed by atoms with van der Waals surface area (Å²) >= 11 is 0. The number of hydrogen-bond donors (Lipinski definition) is 2.